The average molecular weight is 199 g/mol. The molecule has 0 bridgehead atoms. The molecule has 74 valence electrons. The van der Waals surface area contributed by atoms with Gasteiger partial charge in [0.25, 0.3) is 0 Å². The highest BCUT2D eigenvalue weighted by Gasteiger charge is 2.15. The van der Waals surface area contributed by atoms with Crippen molar-refractivity contribution in [3.8, 4) is 5.75 Å². The van der Waals surface area contributed by atoms with Gasteiger partial charge in [-0.1, -0.05) is 6.07 Å². The summed E-state index contributed by atoms with van der Waals surface area (Å²) in [7, 11) is 0.0211. The summed E-state index contributed by atoms with van der Waals surface area (Å²) in [6.07, 6.45) is 2.72. The number of rotatable bonds is 1. The molecule has 0 atom stereocenters. The molecule has 2 aromatic rings. The lowest BCUT2D eigenvalue weighted by atomic mass is 9.85. The molecular formula is C11H10BNO2. The van der Waals surface area contributed by atoms with Crippen molar-refractivity contribution in [1.82, 2.24) is 4.98 Å². The van der Waals surface area contributed by atoms with E-state index in [1.165, 1.54) is 5.56 Å². The first-order valence-electron chi connectivity index (χ1n) is 5.03. The maximum atomic E-state index is 9.23. The zero-order valence-corrected chi connectivity index (χ0v) is 8.23. The Bertz CT molecular complexity index is 517. The summed E-state index contributed by atoms with van der Waals surface area (Å²) in [6, 6.07) is 5.81. The molecule has 0 amide bonds. The minimum atomic E-state index is 0.0211. The lowest BCUT2D eigenvalue weighted by Gasteiger charge is -2.18. The highest BCUT2D eigenvalue weighted by atomic mass is 16.5. The van der Waals surface area contributed by atoms with E-state index in [1.54, 1.807) is 6.20 Å². The second-order valence-corrected chi connectivity index (χ2v) is 3.67. The summed E-state index contributed by atoms with van der Waals surface area (Å²) in [4.78, 5) is 4.32. The van der Waals surface area contributed by atoms with Crippen LogP contribution in [0.15, 0.2) is 24.4 Å². The first-order chi connectivity index (χ1) is 7.40. The summed E-state index contributed by atoms with van der Waals surface area (Å²) < 4.78 is 5.57. The van der Waals surface area contributed by atoms with Gasteiger partial charge in [0.15, 0.2) is 0 Å². The largest absolute Gasteiger partial charge is 0.493 e. The SMILES string of the molecule is OBc1ccc2c3c(ccnc13)CCO2. The van der Waals surface area contributed by atoms with Crippen LogP contribution in [0, 0.1) is 0 Å². The molecule has 4 heteroatoms. The Kier molecular flexibility index (Phi) is 1.89. The number of benzene rings is 1. The normalized spacial score (nSPS) is 13.7. The molecule has 1 aromatic heterocycles. The van der Waals surface area contributed by atoms with Crippen LogP contribution in [0.3, 0.4) is 0 Å². The fourth-order valence-corrected chi connectivity index (χ4v) is 2.09. The number of nitrogens with zero attached hydrogens (tertiary/aromatic N) is 1. The minimum Gasteiger partial charge on any atom is -0.493 e. The smallest absolute Gasteiger partial charge is 0.306 e. The van der Waals surface area contributed by atoms with Gasteiger partial charge in [0.05, 0.1) is 12.1 Å². The molecule has 1 aliphatic rings. The van der Waals surface area contributed by atoms with Crippen molar-refractivity contribution in [2.75, 3.05) is 6.61 Å². The number of pyridine rings is 1. The van der Waals surface area contributed by atoms with E-state index >= 15 is 0 Å². The number of hydrogen-bond donors (Lipinski definition) is 1. The Morgan fingerprint density at radius 1 is 1.33 bits per heavy atom. The molecule has 1 N–H and O–H groups in total. The standard InChI is InChI=1S/C11H10BNO2/c14-12-8-1-2-9-10-7(4-6-15-9)3-5-13-11(8)10/h1-3,5,12,14H,4,6H2. The predicted molar refractivity (Wildman–Crippen MR) is 59.9 cm³/mol. The van der Waals surface area contributed by atoms with E-state index in [1.807, 2.05) is 18.2 Å². The quantitative estimate of drug-likeness (QED) is 0.664. The second kappa shape index (κ2) is 3.24. The fraction of sp³-hybridized carbons (Fsp3) is 0.182. The van der Waals surface area contributed by atoms with Crippen LogP contribution in [-0.4, -0.2) is 24.1 Å². The molecule has 0 radical (unpaired) electrons. The van der Waals surface area contributed by atoms with Crippen molar-refractivity contribution >= 4 is 23.8 Å². The van der Waals surface area contributed by atoms with Gasteiger partial charge in [0.1, 0.15) is 5.75 Å². The van der Waals surface area contributed by atoms with E-state index in [-0.39, 0.29) is 7.48 Å². The number of aromatic nitrogens is 1. The van der Waals surface area contributed by atoms with Gasteiger partial charge in [0, 0.05) is 18.0 Å². The van der Waals surface area contributed by atoms with Crippen molar-refractivity contribution < 1.29 is 9.76 Å². The zero-order chi connectivity index (χ0) is 10.3. The third kappa shape index (κ3) is 1.22. The van der Waals surface area contributed by atoms with Gasteiger partial charge in [0.2, 0.25) is 0 Å². The van der Waals surface area contributed by atoms with E-state index in [4.69, 9.17) is 4.74 Å². The summed E-state index contributed by atoms with van der Waals surface area (Å²) in [5.41, 5.74) is 2.99. The Labute approximate surface area is 88.0 Å². The van der Waals surface area contributed by atoms with Gasteiger partial charge in [-0.2, -0.15) is 0 Å². The van der Waals surface area contributed by atoms with Gasteiger partial charge < -0.3 is 9.76 Å². The molecule has 0 saturated carbocycles. The van der Waals surface area contributed by atoms with Crippen molar-refractivity contribution in [1.29, 1.82) is 0 Å². The van der Waals surface area contributed by atoms with Crippen LogP contribution in [0.25, 0.3) is 10.9 Å². The van der Waals surface area contributed by atoms with Crippen LogP contribution in [0.2, 0.25) is 0 Å². The van der Waals surface area contributed by atoms with E-state index in [0.29, 0.717) is 0 Å². The van der Waals surface area contributed by atoms with E-state index in [0.717, 1.165) is 35.1 Å². The van der Waals surface area contributed by atoms with E-state index in [9.17, 15) is 5.02 Å². The molecular weight excluding hydrogens is 189 g/mol. The summed E-state index contributed by atoms with van der Waals surface area (Å²) in [5, 5.41) is 10.3. The molecule has 0 saturated heterocycles. The van der Waals surface area contributed by atoms with Crippen molar-refractivity contribution in [3.63, 3.8) is 0 Å². The third-order valence-corrected chi connectivity index (χ3v) is 2.82. The van der Waals surface area contributed by atoms with Crippen molar-refractivity contribution in [3.05, 3.63) is 30.0 Å². The minimum absolute atomic E-state index is 0.0211. The maximum Gasteiger partial charge on any atom is 0.306 e. The summed E-state index contributed by atoms with van der Waals surface area (Å²) in [6.45, 7) is 0.727. The first kappa shape index (κ1) is 8.74. The van der Waals surface area contributed by atoms with Crippen molar-refractivity contribution in [2.45, 2.75) is 6.42 Å². The molecule has 15 heavy (non-hydrogen) atoms. The van der Waals surface area contributed by atoms with Gasteiger partial charge in [-0.25, -0.2) is 0 Å². The fourth-order valence-electron chi connectivity index (χ4n) is 2.09. The molecule has 0 unspecified atom stereocenters. The Balaban J connectivity index is 2.43. The van der Waals surface area contributed by atoms with Crippen LogP contribution < -0.4 is 10.2 Å². The van der Waals surface area contributed by atoms with Crippen LogP contribution in [0.5, 0.6) is 5.75 Å². The molecule has 0 aliphatic carbocycles. The first-order valence-corrected chi connectivity index (χ1v) is 5.03. The Morgan fingerprint density at radius 2 is 2.27 bits per heavy atom. The van der Waals surface area contributed by atoms with E-state index < -0.39 is 0 Å². The highest BCUT2D eigenvalue weighted by Crippen LogP contribution is 2.30. The molecule has 1 aromatic carbocycles. The van der Waals surface area contributed by atoms with Crippen LogP contribution >= 0.6 is 0 Å². The predicted octanol–water partition coefficient (Wildman–Crippen LogP) is 0.139. The topological polar surface area (TPSA) is 42.4 Å². The van der Waals surface area contributed by atoms with Crippen molar-refractivity contribution in [2.24, 2.45) is 0 Å². The lowest BCUT2D eigenvalue weighted by molar-refractivity contribution is 0.318. The highest BCUT2D eigenvalue weighted by molar-refractivity contribution is 6.49. The molecule has 0 fully saturated rings. The van der Waals surface area contributed by atoms with Crippen LogP contribution in [0.4, 0.5) is 0 Å². The van der Waals surface area contributed by atoms with E-state index in [2.05, 4.69) is 4.98 Å². The van der Waals surface area contributed by atoms with Gasteiger partial charge in [-0.3, -0.25) is 4.98 Å². The summed E-state index contributed by atoms with van der Waals surface area (Å²) >= 11 is 0. The maximum absolute atomic E-state index is 9.23. The zero-order valence-electron chi connectivity index (χ0n) is 8.23. The molecule has 3 rings (SSSR count). The monoisotopic (exact) mass is 199 g/mol. The molecule has 2 heterocycles. The average Bonchev–Trinajstić information content (AvgIpc) is 2.30. The molecule has 3 nitrogen and oxygen atoms in total. The molecule has 0 spiro atoms. The number of ether oxygens (including phenoxy) is 1. The lowest BCUT2D eigenvalue weighted by Crippen LogP contribution is -2.18. The molecule has 1 aliphatic heterocycles. The van der Waals surface area contributed by atoms with Crippen LogP contribution in [-0.2, 0) is 6.42 Å². The summed E-state index contributed by atoms with van der Waals surface area (Å²) in [5.74, 6) is 0.886. The van der Waals surface area contributed by atoms with Gasteiger partial charge in [-0.05, 0) is 23.2 Å². The van der Waals surface area contributed by atoms with Crippen LogP contribution in [0.1, 0.15) is 5.56 Å². The number of hydrogen-bond acceptors (Lipinski definition) is 3. The Morgan fingerprint density at radius 3 is 3.13 bits per heavy atom. The van der Waals surface area contributed by atoms with Gasteiger partial charge in [-0.15, -0.1) is 0 Å². The third-order valence-electron chi connectivity index (χ3n) is 2.82. The van der Waals surface area contributed by atoms with Gasteiger partial charge >= 0.3 is 7.48 Å². The Hall–Kier alpha value is -1.55. The second-order valence-electron chi connectivity index (χ2n) is 3.67.